The molecule has 3 heterocycles. The molecule has 0 unspecified atom stereocenters. The highest BCUT2D eigenvalue weighted by Crippen LogP contribution is 2.32. The van der Waals surface area contributed by atoms with Gasteiger partial charge in [0.05, 0.1) is 16.8 Å². The lowest BCUT2D eigenvalue weighted by Crippen LogP contribution is -2.25. The number of carbonyl (C=O) groups excluding carboxylic acids is 1. The molecule has 3 aromatic heterocycles. The smallest absolute Gasteiger partial charge is 0.369 e. The fourth-order valence-corrected chi connectivity index (χ4v) is 3.43. The molecule has 0 fully saturated rings. The van der Waals surface area contributed by atoms with Crippen LogP contribution >= 0.6 is 0 Å². The Balaban J connectivity index is 1.58. The number of rotatable bonds is 8. The highest BCUT2D eigenvalue weighted by molar-refractivity contribution is 5.99. The summed E-state index contributed by atoms with van der Waals surface area (Å²) in [7, 11) is 0. The molecule has 9 heteroatoms. The molecule has 1 amide bonds. The van der Waals surface area contributed by atoms with Gasteiger partial charge in [0.15, 0.2) is 0 Å². The minimum Gasteiger partial charge on any atom is -0.369 e. The summed E-state index contributed by atoms with van der Waals surface area (Å²) < 4.78 is 39.6. The van der Waals surface area contributed by atoms with E-state index < -0.39 is 11.7 Å². The highest BCUT2D eigenvalue weighted by atomic mass is 19.4. The summed E-state index contributed by atoms with van der Waals surface area (Å²) in [5.41, 5.74) is 1.83. The Labute approximate surface area is 200 Å². The van der Waals surface area contributed by atoms with Gasteiger partial charge in [0.2, 0.25) is 0 Å². The first kappa shape index (κ1) is 23.9. The first-order chi connectivity index (χ1) is 16.9. The SMILES string of the molecule is O=C(NCc1cccnc1)c1ccc(-c2cccc(C(F)(F)F)c2)nc1NCCc1ccccn1. The van der Waals surface area contributed by atoms with Gasteiger partial charge in [-0.2, -0.15) is 13.2 Å². The molecule has 0 spiro atoms. The van der Waals surface area contributed by atoms with Crippen LogP contribution in [0.1, 0.15) is 27.2 Å². The van der Waals surface area contributed by atoms with E-state index in [-0.39, 0.29) is 23.8 Å². The highest BCUT2D eigenvalue weighted by Gasteiger charge is 2.30. The van der Waals surface area contributed by atoms with Crippen molar-refractivity contribution in [2.24, 2.45) is 0 Å². The molecule has 0 aliphatic heterocycles. The first-order valence-electron chi connectivity index (χ1n) is 10.9. The lowest BCUT2D eigenvalue weighted by molar-refractivity contribution is -0.137. The van der Waals surface area contributed by atoms with Crippen molar-refractivity contribution < 1.29 is 18.0 Å². The van der Waals surface area contributed by atoms with Gasteiger partial charge in [-0.15, -0.1) is 0 Å². The number of halogens is 3. The Hall–Kier alpha value is -4.27. The minimum atomic E-state index is -4.47. The van der Waals surface area contributed by atoms with Crippen molar-refractivity contribution in [1.29, 1.82) is 0 Å². The van der Waals surface area contributed by atoms with E-state index in [1.54, 1.807) is 42.9 Å². The Morgan fingerprint density at radius 1 is 0.943 bits per heavy atom. The molecule has 1 aromatic carbocycles. The number of hydrogen-bond acceptors (Lipinski definition) is 5. The van der Waals surface area contributed by atoms with Crippen LogP contribution in [0.15, 0.2) is 85.3 Å². The standard InChI is InChI=1S/C26H22F3N5O/c27-26(28,29)20-7-3-6-19(15-20)23-10-9-22(25(35)33-17-18-5-4-12-30-16-18)24(34-23)32-14-11-21-8-1-2-13-31-21/h1-10,12-13,15-16H,11,14,17H2,(H,32,34)(H,33,35). The lowest BCUT2D eigenvalue weighted by Gasteiger charge is -2.14. The first-order valence-corrected chi connectivity index (χ1v) is 10.9. The van der Waals surface area contributed by atoms with Crippen LogP contribution in [0, 0.1) is 0 Å². The van der Waals surface area contributed by atoms with Gasteiger partial charge in [-0.05, 0) is 48.0 Å². The number of alkyl halides is 3. The molecule has 0 aliphatic carbocycles. The molecule has 0 bridgehead atoms. The molecular formula is C26H22F3N5O. The van der Waals surface area contributed by atoms with E-state index in [9.17, 15) is 18.0 Å². The summed E-state index contributed by atoms with van der Waals surface area (Å²) >= 11 is 0. The van der Waals surface area contributed by atoms with E-state index in [4.69, 9.17) is 0 Å². The van der Waals surface area contributed by atoms with E-state index in [1.165, 1.54) is 6.07 Å². The zero-order valence-corrected chi connectivity index (χ0v) is 18.6. The monoisotopic (exact) mass is 477 g/mol. The van der Waals surface area contributed by atoms with Crippen LogP contribution in [0.25, 0.3) is 11.3 Å². The molecule has 0 radical (unpaired) electrons. The second kappa shape index (κ2) is 10.8. The van der Waals surface area contributed by atoms with Gasteiger partial charge in [0, 0.05) is 49.4 Å². The maximum absolute atomic E-state index is 13.2. The van der Waals surface area contributed by atoms with Crippen LogP contribution in [-0.2, 0) is 19.1 Å². The number of nitrogens with zero attached hydrogens (tertiary/aromatic N) is 3. The molecule has 0 saturated carbocycles. The Morgan fingerprint density at radius 3 is 2.57 bits per heavy atom. The predicted molar refractivity (Wildman–Crippen MR) is 127 cm³/mol. The third kappa shape index (κ3) is 6.41. The number of aromatic nitrogens is 3. The number of anilines is 1. The third-order valence-corrected chi connectivity index (χ3v) is 5.20. The molecule has 178 valence electrons. The maximum atomic E-state index is 13.2. The van der Waals surface area contributed by atoms with Gasteiger partial charge >= 0.3 is 6.18 Å². The van der Waals surface area contributed by atoms with Crippen LogP contribution in [-0.4, -0.2) is 27.4 Å². The summed E-state index contributed by atoms with van der Waals surface area (Å²) in [6.07, 6.45) is 1.10. The van der Waals surface area contributed by atoms with Crippen molar-refractivity contribution >= 4 is 11.7 Å². The van der Waals surface area contributed by atoms with E-state index in [1.807, 2.05) is 24.3 Å². The molecule has 0 saturated heterocycles. The summed E-state index contributed by atoms with van der Waals surface area (Å²) in [6.45, 7) is 0.703. The summed E-state index contributed by atoms with van der Waals surface area (Å²) in [5, 5.41) is 5.98. The molecular weight excluding hydrogens is 455 g/mol. The molecule has 6 nitrogen and oxygen atoms in total. The Bertz CT molecular complexity index is 1280. The number of pyridine rings is 3. The zero-order valence-electron chi connectivity index (χ0n) is 18.6. The predicted octanol–water partition coefficient (Wildman–Crippen LogP) is 5.14. The van der Waals surface area contributed by atoms with Crippen LogP contribution < -0.4 is 10.6 Å². The van der Waals surface area contributed by atoms with Gasteiger partial charge in [0.25, 0.3) is 5.91 Å². The number of nitrogens with one attached hydrogen (secondary N) is 2. The second-order valence-electron chi connectivity index (χ2n) is 7.71. The van der Waals surface area contributed by atoms with Crippen LogP contribution in [0.3, 0.4) is 0 Å². The Morgan fingerprint density at radius 2 is 1.83 bits per heavy atom. The lowest BCUT2D eigenvalue weighted by atomic mass is 10.1. The van der Waals surface area contributed by atoms with Crippen molar-refractivity contribution in [1.82, 2.24) is 20.3 Å². The van der Waals surface area contributed by atoms with Crippen LogP contribution in [0.2, 0.25) is 0 Å². The molecule has 0 aliphatic rings. The van der Waals surface area contributed by atoms with Crippen molar-refractivity contribution in [3.05, 3.63) is 108 Å². The largest absolute Gasteiger partial charge is 0.416 e. The van der Waals surface area contributed by atoms with Crippen molar-refractivity contribution in [3.8, 4) is 11.3 Å². The van der Waals surface area contributed by atoms with E-state index >= 15 is 0 Å². The van der Waals surface area contributed by atoms with Gasteiger partial charge in [-0.3, -0.25) is 14.8 Å². The fourth-order valence-electron chi connectivity index (χ4n) is 3.43. The second-order valence-corrected chi connectivity index (χ2v) is 7.71. The van der Waals surface area contributed by atoms with Crippen molar-refractivity contribution in [3.63, 3.8) is 0 Å². The van der Waals surface area contributed by atoms with Crippen LogP contribution in [0.5, 0.6) is 0 Å². The average molecular weight is 477 g/mol. The quantitative estimate of drug-likeness (QED) is 0.367. The summed E-state index contributed by atoms with van der Waals surface area (Å²) in [5.74, 6) is -0.0863. The van der Waals surface area contributed by atoms with E-state index in [0.29, 0.717) is 24.2 Å². The fraction of sp³-hybridized carbons (Fsp3) is 0.154. The van der Waals surface area contributed by atoms with Gasteiger partial charge < -0.3 is 10.6 Å². The molecule has 0 atom stereocenters. The minimum absolute atomic E-state index is 0.273. The van der Waals surface area contributed by atoms with Crippen molar-refractivity contribution in [2.45, 2.75) is 19.1 Å². The van der Waals surface area contributed by atoms with Gasteiger partial charge in [-0.25, -0.2) is 4.98 Å². The number of amides is 1. The number of hydrogen-bond donors (Lipinski definition) is 2. The molecule has 2 N–H and O–H groups in total. The van der Waals surface area contributed by atoms with E-state index in [0.717, 1.165) is 23.4 Å². The van der Waals surface area contributed by atoms with Gasteiger partial charge in [0.1, 0.15) is 5.82 Å². The van der Waals surface area contributed by atoms with Crippen LogP contribution in [0.4, 0.5) is 19.0 Å². The van der Waals surface area contributed by atoms with Crippen molar-refractivity contribution in [2.75, 3.05) is 11.9 Å². The number of carbonyl (C=O) groups is 1. The molecule has 4 aromatic rings. The topological polar surface area (TPSA) is 79.8 Å². The maximum Gasteiger partial charge on any atom is 0.416 e. The number of benzene rings is 1. The zero-order chi connectivity index (χ0) is 24.7. The normalized spacial score (nSPS) is 11.2. The molecule has 4 rings (SSSR count). The van der Waals surface area contributed by atoms with E-state index in [2.05, 4.69) is 25.6 Å². The van der Waals surface area contributed by atoms with Gasteiger partial charge in [-0.1, -0.05) is 24.3 Å². The Kier molecular flexibility index (Phi) is 7.35. The third-order valence-electron chi connectivity index (χ3n) is 5.20. The average Bonchev–Trinajstić information content (AvgIpc) is 2.88. The summed E-state index contributed by atoms with van der Waals surface area (Å²) in [6, 6.07) is 17.2. The summed E-state index contributed by atoms with van der Waals surface area (Å²) in [4.78, 5) is 25.7. The molecule has 35 heavy (non-hydrogen) atoms.